The molecular weight excluding hydrogens is 566 g/mol. The summed E-state index contributed by atoms with van der Waals surface area (Å²) in [5.41, 5.74) is 2.15. The SMILES string of the molecule is CCC(C)NC(=O)C(C)N(Cc1ccc(Br)cc1)C(=O)CCCN(c1cc(Cl)ccc1C)S(C)(=O)=O. The van der Waals surface area contributed by atoms with Crippen molar-refractivity contribution < 1.29 is 18.0 Å². The second-order valence-electron chi connectivity index (χ2n) is 9.01. The number of sulfonamides is 1. The van der Waals surface area contributed by atoms with Gasteiger partial charge in [0.25, 0.3) is 0 Å². The molecule has 0 radical (unpaired) electrons. The number of halogens is 2. The van der Waals surface area contributed by atoms with Crippen LogP contribution in [0.4, 0.5) is 5.69 Å². The summed E-state index contributed by atoms with van der Waals surface area (Å²) in [4.78, 5) is 27.8. The quantitative estimate of drug-likeness (QED) is 0.359. The van der Waals surface area contributed by atoms with E-state index in [0.717, 1.165) is 28.3 Å². The van der Waals surface area contributed by atoms with Gasteiger partial charge in [0.05, 0.1) is 11.9 Å². The van der Waals surface area contributed by atoms with Gasteiger partial charge >= 0.3 is 0 Å². The van der Waals surface area contributed by atoms with E-state index in [2.05, 4.69) is 21.2 Å². The summed E-state index contributed by atoms with van der Waals surface area (Å²) in [7, 11) is -3.59. The van der Waals surface area contributed by atoms with Crippen molar-refractivity contribution in [3.05, 3.63) is 63.1 Å². The first-order valence-electron chi connectivity index (χ1n) is 11.9. The Morgan fingerprint density at radius 1 is 1.11 bits per heavy atom. The summed E-state index contributed by atoms with van der Waals surface area (Å²) < 4.78 is 27.3. The molecule has 0 fully saturated rings. The van der Waals surface area contributed by atoms with Crippen molar-refractivity contribution >= 4 is 55.1 Å². The number of anilines is 1. The lowest BCUT2D eigenvalue weighted by Gasteiger charge is -2.30. The molecule has 0 aliphatic carbocycles. The van der Waals surface area contributed by atoms with E-state index in [9.17, 15) is 18.0 Å². The Morgan fingerprint density at radius 3 is 2.33 bits per heavy atom. The molecule has 0 saturated heterocycles. The normalized spacial score (nSPS) is 13.1. The Balaban J connectivity index is 2.20. The van der Waals surface area contributed by atoms with Gasteiger partial charge in [-0.25, -0.2) is 8.42 Å². The molecule has 2 unspecified atom stereocenters. The maximum absolute atomic E-state index is 13.4. The minimum atomic E-state index is -3.59. The van der Waals surface area contributed by atoms with Gasteiger partial charge in [-0.2, -0.15) is 0 Å². The number of nitrogens with one attached hydrogen (secondary N) is 1. The molecule has 7 nitrogen and oxygen atoms in total. The Morgan fingerprint density at radius 2 is 1.75 bits per heavy atom. The van der Waals surface area contributed by atoms with Gasteiger partial charge in [-0.15, -0.1) is 0 Å². The fourth-order valence-electron chi connectivity index (χ4n) is 3.67. The van der Waals surface area contributed by atoms with E-state index in [4.69, 9.17) is 11.6 Å². The van der Waals surface area contributed by atoms with E-state index in [1.54, 1.807) is 30.0 Å². The van der Waals surface area contributed by atoms with E-state index < -0.39 is 16.1 Å². The standard InChI is InChI=1S/C26H35BrClN3O4S/c1-6-19(3)29-26(33)20(4)30(17-21-10-12-22(27)13-11-21)25(32)8-7-15-31(36(5,34)35)24-16-23(28)14-9-18(24)2/h9-14,16,19-20H,6-8,15,17H2,1-5H3,(H,29,33). The number of rotatable bonds is 12. The molecular formula is C26H35BrClN3O4S. The van der Waals surface area contributed by atoms with Crippen molar-refractivity contribution in [1.82, 2.24) is 10.2 Å². The summed E-state index contributed by atoms with van der Waals surface area (Å²) >= 11 is 9.53. The lowest BCUT2D eigenvalue weighted by molar-refractivity contribution is -0.140. The van der Waals surface area contributed by atoms with Crippen LogP contribution in [0.1, 0.15) is 51.2 Å². The van der Waals surface area contributed by atoms with E-state index in [1.807, 2.05) is 45.0 Å². The highest BCUT2D eigenvalue weighted by Crippen LogP contribution is 2.27. The first-order chi connectivity index (χ1) is 16.8. The fourth-order valence-corrected chi connectivity index (χ4v) is 5.11. The first-order valence-corrected chi connectivity index (χ1v) is 14.9. The fraction of sp³-hybridized carbons (Fsp3) is 0.462. The van der Waals surface area contributed by atoms with Gasteiger partial charge in [-0.05, 0) is 69.0 Å². The zero-order valence-corrected chi connectivity index (χ0v) is 24.6. The minimum Gasteiger partial charge on any atom is -0.352 e. The lowest BCUT2D eigenvalue weighted by atomic mass is 10.1. The Kier molecular flexibility index (Phi) is 11.3. The molecule has 0 heterocycles. The molecule has 2 atom stereocenters. The number of hydrogen-bond acceptors (Lipinski definition) is 4. The van der Waals surface area contributed by atoms with Crippen LogP contribution in [0.5, 0.6) is 0 Å². The van der Waals surface area contributed by atoms with E-state index in [1.165, 1.54) is 4.31 Å². The average molecular weight is 601 g/mol. The molecule has 0 aliphatic heterocycles. The van der Waals surface area contributed by atoms with Gasteiger partial charge in [-0.1, -0.05) is 52.7 Å². The molecule has 0 spiro atoms. The van der Waals surface area contributed by atoms with Crippen LogP contribution in [-0.4, -0.2) is 50.0 Å². The third-order valence-electron chi connectivity index (χ3n) is 6.03. The van der Waals surface area contributed by atoms with E-state index in [0.29, 0.717) is 10.7 Å². The van der Waals surface area contributed by atoms with Gasteiger partial charge < -0.3 is 10.2 Å². The van der Waals surface area contributed by atoms with Crippen LogP contribution in [0.25, 0.3) is 0 Å². The van der Waals surface area contributed by atoms with Crippen LogP contribution < -0.4 is 9.62 Å². The van der Waals surface area contributed by atoms with Crippen molar-refractivity contribution in [1.29, 1.82) is 0 Å². The smallest absolute Gasteiger partial charge is 0.242 e. The molecule has 0 aromatic heterocycles. The van der Waals surface area contributed by atoms with Crippen molar-refractivity contribution in [2.24, 2.45) is 0 Å². The second kappa shape index (κ2) is 13.4. The molecule has 1 N–H and O–H groups in total. The number of carbonyl (C=O) groups excluding carboxylic acids is 2. The molecule has 0 bridgehead atoms. The van der Waals surface area contributed by atoms with Gasteiger partial charge in [0.1, 0.15) is 6.04 Å². The van der Waals surface area contributed by atoms with Crippen LogP contribution in [0.3, 0.4) is 0 Å². The van der Waals surface area contributed by atoms with E-state index in [-0.39, 0.29) is 43.8 Å². The largest absolute Gasteiger partial charge is 0.352 e. The molecule has 0 aliphatic rings. The summed E-state index contributed by atoms with van der Waals surface area (Å²) in [6, 6.07) is 12.0. The predicted molar refractivity (Wildman–Crippen MR) is 150 cm³/mol. The maximum Gasteiger partial charge on any atom is 0.242 e. The highest BCUT2D eigenvalue weighted by Gasteiger charge is 2.27. The second-order valence-corrected chi connectivity index (χ2v) is 12.3. The number of nitrogens with zero attached hydrogens (tertiary/aromatic N) is 2. The molecule has 2 aromatic rings. The van der Waals surface area contributed by atoms with Gasteiger partial charge in [0, 0.05) is 35.0 Å². The number of benzene rings is 2. The minimum absolute atomic E-state index is 0.00571. The summed E-state index contributed by atoms with van der Waals surface area (Å²) in [6.07, 6.45) is 2.29. The van der Waals surface area contributed by atoms with Crippen molar-refractivity contribution in [2.45, 2.75) is 65.6 Å². The Bertz CT molecular complexity index is 1160. The van der Waals surface area contributed by atoms with Gasteiger partial charge in [0.15, 0.2) is 0 Å². The molecule has 0 saturated carbocycles. The zero-order chi connectivity index (χ0) is 27.0. The van der Waals surface area contributed by atoms with Crippen molar-refractivity contribution in [3.8, 4) is 0 Å². The van der Waals surface area contributed by atoms with Crippen molar-refractivity contribution in [2.75, 3.05) is 17.1 Å². The topological polar surface area (TPSA) is 86.8 Å². The highest BCUT2D eigenvalue weighted by molar-refractivity contribution is 9.10. The van der Waals surface area contributed by atoms with Gasteiger partial charge in [0.2, 0.25) is 21.8 Å². The van der Waals surface area contributed by atoms with Crippen LogP contribution in [0, 0.1) is 6.92 Å². The molecule has 36 heavy (non-hydrogen) atoms. The molecule has 2 rings (SSSR count). The third kappa shape index (κ3) is 8.78. The van der Waals surface area contributed by atoms with Crippen LogP contribution >= 0.6 is 27.5 Å². The third-order valence-corrected chi connectivity index (χ3v) is 7.97. The van der Waals surface area contributed by atoms with Crippen LogP contribution in [0.2, 0.25) is 5.02 Å². The summed E-state index contributed by atoms with van der Waals surface area (Å²) in [5, 5.41) is 3.38. The predicted octanol–water partition coefficient (Wildman–Crippen LogP) is 5.29. The Labute approximate surface area is 228 Å². The Hall–Kier alpha value is -2.10. The summed E-state index contributed by atoms with van der Waals surface area (Å²) in [5.74, 6) is -0.442. The van der Waals surface area contributed by atoms with Crippen LogP contribution in [-0.2, 0) is 26.2 Å². The van der Waals surface area contributed by atoms with Gasteiger partial charge in [-0.3, -0.25) is 13.9 Å². The molecule has 2 aromatic carbocycles. The lowest BCUT2D eigenvalue weighted by Crippen LogP contribution is -2.49. The number of aryl methyl sites for hydroxylation is 1. The zero-order valence-electron chi connectivity index (χ0n) is 21.4. The van der Waals surface area contributed by atoms with Crippen LogP contribution in [0.15, 0.2) is 46.9 Å². The molecule has 2 amide bonds. The van der Waals surface area contributed by atoms with Crippen molar-refractivity contribution in [3.63, 3.8) is 0 Å². The monoisotopic (exact) mass is 599 g/mol. The number of amides is 2. The summed E-state index contributed by atoms with van der Waals surface area (Å²) in [6.45, 7) is 7.81. The maximum atomic E-state index is 13.4. The number of hydrogen-bond donors (Lipinski definition) is 1. The first kappa shape index (κ1) is 30.1. The molecule has 10 heteroatoms. The number of carbonyl (C=O) groups is 2. The highest BCUT2D eigenvalue weighted by atomic mass is 79.9. The average Bonchev–Trinajstić information content (AvgIpc) is 2.81. The van der Waals surface area contributed by atoms with E-state index >= 15 is 0 Å². The molecule has 198 valence electrons.